The number of rotatable bonds is 2. The lowest BCUT2D eigenvalue weighted by Crippen LogP contribution is -2.16. The molecular formula is C9H12O3. The van der Waals surface area contributed by atoms with Gasteiger partial charge >= 0.3 is 5.97 Å². The normalized spacial score (nSPS) is 23.6. The highest BCUT2D eigenvalue weighted by Crippen LogP contribution is 2.24. The second-order valence-corrected chi connectivity index (χ2v) is 3.33. The average molecular weight is 168 g/mol. The van der Waals surface area contributed by atoms with Gasteiger partial charge in [-0.05, 0) is 25.3 Å². The molecule has 12 heavy (non-hydrogen) atoms. The first kappa shape index (κ1) is 8.97. The Balaban J connectivity index is 2.55. The fourth-order valence-corrected chi connectivity index (χ4v) is 1.60. The van der Waals surface area contributed by atoms with Crippen LogP contribution in [0.25, 0.3) is 0 Å². The third kappa shape index (κ3) is 2.49. The lowest BCUT2D eigenvalue weighted by atomic mass is 9.87. The molecule has 1 atom stereocenters. The van der Waals surface area contributed by atoms with Gasteiger partial charge in [0.15, 0.2) is 5.78 Å². The lowest BCUT2D eigenvalue weighted by molar-refractivity contribution is -0.138. The second-order valence-electron chi connectivity index (χ2n) is 3.33. The Morgan fingerprint density at radius 2 is 2.33 bits per heavy atom. The van der Waals surface area contributed by atoms with Crippen LogP contribution in [0, 0.1) is 5.92 Å². The van der Waals surface area contributed by atoms with Crippen LogP contribution in [-0.4, -0.2) is 16.9 Å². The highest BCUT2D eigenvalue weighted by Gasteiger charge is 2.20. The summed E-state index contributed by atoms with van der Waals surface area (Å²) in [5.74, 6) is -0.743. The Kier molecular flexibility index (Phi) is 2.63. The van der Waals surface area contributed by atoms with E-state index in [1.807, 2.05) is 6.92 Å². The lowest BCUT2D eigenvalue weighted by Gasteiger charge is -2.17. The number of aliphatic carboxylic acids is 1. The molecule has 0 aromatic heterocycles. The summed E-state index contributed by atoms with van der Waals surface area (Å²) in [7, 11) is 0. The van der Waals surface area contributed by atoms with Gasteiger partial charge in [0, 0.05) is 12.8 Å². The summed E-state index contributed by atoms with van der Waals surface area (Å²) in [6, 6.07) is 0. The third-order valence-electron chi connectivity index (χ3n) is 1.97. The Morgan fingerprint density at radius 3 is 2.83 bits per heavy atom. The number of hydrogen-bond donors (Lipinski definition) is 1. The van der Waals surface area contributed by atoms with Crippen molar-refractivity contribution >= 4 is 11.8 Å². The summed E-state index contributed by atoms with van der Waals surface area (Å²) >= 11 is 0. The maximum Gasteiger partial charge on any atom is 0.303 e. The predicted molar refractivity (Wildman–Crippen MR) is 43.7 cm³/mol. The Morgan fingerprint density at radius 1 is 1.67 bits per heavy atom. The van der Waals surface area contributed by atoms with Crippen LogP contribution >= 0.6 is 0 Å². The fourth-order valence-electron chi connectivity index (χ4n) is 1.60. The standard InChI is InChI=1S/C9H12O3/c1-6-2-7(5-9(11)12)4-8(10)3-6/h3,7H,2,4-5H2,1H3,(H,11,12). The van der Waals surface area contributed by atoms with E-state index in [-0.39, 0.29) is 18.1 Å². The summed E-state index contributed by atoms with van der Waals surface area (Å²) in [4.78, 5) is 21.3. The Bertz CT molecular complexity index is 240. The maximum atomic E-state index is 11.0. The number of carbonyl (C=O) groups is 2. The highest BCUT2D eigenvalue weighted by atomic mass is 16.4. The molecule has 1 aliphatic rings. The van der Waals surface area contributed by atoms with Crippen LogP contribution in [0.2, 0.25) is 0 Å². The van der Waals surface area contributed by atoms with Crippen molar-refractivity contribution < 1.29 is 14.7 Å². The van der Waals surface area contributed by atoms with Crippen molar-refractivity contribution in [2.45, 2.75) is 26.2 Å². The van der Waals surface area contributed by atoms with Gasteiger partial charge in [-0.2, -0.15) is 0 Å². The van der Waals surface area contributed by atoms with Crippen LogP contribution in [0.15, 0.2) is 11.6 Å². The van der Waals surface area contributed by atoms with Gasteiger partial charge in [0.1, 0.15) is 0 Å². The van der Waals surface area contributed by atoms with E-state index in [0.717, 1.165) is 12.0 Å². The minimum atomic E-state index is -0.817. The molecule has 1 rings (SSSR count). The summed E-state index contributed by atoms with van der Waals surface area (Å²) in [5, 5.41) is 8.51. The van der Waals surface area contributed by atoms with E-state index in [9.17, 15) is 9.59 Å². The molecule has 3 nitrogen and oxygen atoms in total. The number of carboxylic acids is 1. The van der Waals surface area contributed by atoms with E-state index < -0.39 is 5.97 Å². The smallest absolute Gasteiger partial charge is 0.303 e. The monoisotopic (exact) mass is 168 g/mol. The van der Waals surface area contributed by atoms with Crippen molar-refractivity contribution in [1.82, 2.24) is 0 Å². The van der Waals surface area contributed by atoms with Crippen molar-refractivity contribution in [1.29, 1.82) is 0 Å². The van der Waals surface area contributed by atoms with Crippen molar-refractivity contribution in [3.63, 3.8) is 0 Å². The van der Waals surface area contributed by atoms with E-state index in [1.165, 1.54) is 0 Å². The van der Waals surface area contributed by atoms with Gasteiger partial charge in [0.2, 0.25) is 0 Å². The van der Waals surface area contributed by atoms with E-state index in [4.69, 9.17) is 5.11 Å². The van der Waals surface area contributed by atoms with Crippen LogP contribution in [0.4, 0.5) is 0 Å². The molecule has 66 valence electrons. The quantitative estimate of drug-likeness (QED) is 0.677. The first-order valence-electron chi connectivity index (χ1n) is 3.99. The average Bonchev–Trinajstić information content (AvgIpc) is 1.81. The zero-order valence-corrected chi connectivity index (χ0v) is 7.04. The van der Waals surface area contributed by atoms with E-state index in [1.54, 1.807) is 6.08 Å². The second kappa shape index (κ2) is 3.52. The number of carboxylic acid groups (broad SMARTS) is 1. The number of hydrogen-bond acceptors (Lipinski definition) is 2. The van der Waals surface area contributed by atoms with Crippen molar-refractivity contribution in [3.05, 3.63) is 11.6 Å². The summed E-state index contributed by atoms with van der Waals surface area (Å²) < 4.78 is 0. The van der Waals surface area contributed by atoms with Gasteiger partial charge in [-0.15, -0.1) is 0 Å². The molecule has 0 aromatic rings. The maximum absolute atomic E-state index is 11.0. The first-order valence-corrected chi connectivity index (χ1v) is 3.99. The fraction of sp³-hybridized carbons (Fsp3) is 0.556. The molecule has 3 heteroatoms. The molecule has 1 N–H and O–H groups in total. The molecule has 0 bridgehead atoms. The van der Waals surface area contributed by atoms with Crippen molar-refractivity contribution in [2.75, 3.05) is 0 Å². The molecule has 0 radical (unpaired) electrons. The van der Waals surface area contributed by atoms with E-state index >= 15 is 0 Å². The molecule has 1 unspecified atom stereocenters. The molecule has 0 heterocycles. The Hall–Kier alpha value is -1.12. The SMILES string of the molecule is CC1=CC(=O)CC(CC(=O)O)C1. The minimum Gasteiger partial charge on any atom is -0.481 e. The van der Waals surface area contributed by atoms with Crippen LogP contribution in [0.1, 0.15) is 26.2 Å². The third-order valence-corrected chi connectivity index (χ3v) is 1.97. The highest BCUT2D eigenvalue weighted by molar-refractivity contribution is 5.91. The van der Waals surface area contributed by atoms with E-state index in [0.29, 0.717) is 6.42 Å². The van der Waals surface area contributed by atoms with Gasteiger partial charge < -0.3 is 5.11 Å². The summed E-state index contributed by atoms with van der Waals surface area (Å²) in [5.41, 5.74) is 0.998. The Labute approximate surface area is 71.1 Å². The van der Waals surface area contributed by atoms with Gasteiger partial charge in [-0.25, -0.2) is 0 Å². The largest absolute Gasteiger partial charge is 0.481 e. The van der Waals surface area contributed by atoms with Crippen molar-refractivity contribution in [3.8, 4) is 0 Å². The van der Waals surface area contributed by atoms with E-state index in [2.05, 4.69) is 0 Å². The molecule has 0 spiro atoms. The molecule has 1 aliphatic carbocycles. The van der Waals surface area contributed by atoms with Gasteiger partial charge in [0.25, 0.3) is 0 Å². The van der Waals surface area contributed by atoms with Gasteiger partial charge in [-0.1, -0.05) is 5.57 Å². The topological polar surface area (TPSA) is 54.4 Å². The van der Waals surface area contributed by atoms with Crippen LogP contribution < -0.4 is 0 Å². The predicted octanol–water partition coefficient (Wildman–Crippen LogP) is 1.39. The molecular weight excluding hydrogens is 156 g/mol. The number of allylic oxidation sites excluding steroid dienone is 2. The van der Waals surface area contributed by atoms with Gasteiger partial charge in [0.05, 0.1) is 0 Å². The zero-order chi connectivity index (χ0) is 9.14. The van der Waals surface area contributed by atoms with Crippen LogP contribution in [0.3, 0.4) is 0 Å². The first-order chi connectivity index (χ1) is 5.58. The van der Waals surface area contributed by atoms with Crippen LogP contribution in [-0.2, 0) is 9.59 Å². The van der Waals surface area contributed by atoms with Gasteiger partial charge in [-0.3, -0.25) is 9.59 Å². The van der Waals surface area contributed by atoms with Crippen molar-refractivity contribution in [2.24, 2.45) is 5.92 Å². The number of ketones is 1. The minimum absolute atomic E-state index is 0.0139. The molecule has 0 saturated carbocycles. The summed E-state index contributed by atoms with van der Waals surface area (Å²) in [6.07, 6.45) is 2.86. The molecule has 0 aromatic carbocycles. The molecule has 0 aliphatic heterocycles. The molecule has 0 saturated heterocycles. The molecule has 0 fully saturated rings. The zero-order valence-electron chi connectivity index (χ0n) is 7.04. The number of carbonyl (C=O) groups excluding carboxylic acids is 1. The summed E-state index contributed by atoms with van der Waals surface area (Å²) in [6.45, 7) is 1.87. The molecule has 0 amide bonds. The van der Waals surface area contributed by atoms with Crippen LogP contribution in [0.5, 0.6) is 0 Å².